The summed E-state index contributed by atoms with van der Waals surface area (Å²) < 4.78 is 68.5. The molecular weight excluding hydrogens is 472 g/mol. The SMILES string of the molecule is CCOCc1ccc(C(=O)Oc2ccc(-c3ccc(-c4ccc(C)cc4)c(F)c3F)cc2)c(F)c1F. The van der Waals surface area contributed by atoms with Gasteiger partial charge in [0.2, 0.25) is 0 Å². The lowest BCUT2D eigenvalue weighted by atomic mass is 9.98. The quantitative estimate of drug-likeness (QED) is 0.150. The summed E-state index contributed by atoms with van der Waals surface area (Å²) >= 11 is 0. The third-order valence-electron chi connectivity index (χ3n) is 5.66. The van der Waals surface area contributed by atoms with Crippen LogP contribution in [0.4, 0.5) is 17.6 Å². The van der Waals surface area contributed by atoms with Crippen molar-refractivity contribution in [1.82, 2.24) is 0 Å². The summed E-state index contributed by atoms with van der Waals surface area (Å²) in [6, 6.07) is 18.0. The predicted octanol–water partition coefficient (Wildman–Crippen LogP) is 7.64. The molecule has 0 fully saturated rings. The second-order valence-corrected chi connectivity index (χ2v) is 8.11. The van der Waals surface area contributed by atoms with E-state index in [-0.39, 0.29) is 29.0 Å². The zero-order valence-corrected chi connectivity index (χ0v) is 19.6. The van der Waals surface area contributed by atoms with Crippen LogP contribution in [0.1, 0.15) is 28.4 Å². The zero-order chi connectivity index (χ0) is 25.8. The topological polar surface area (TPSA) is 35.5 Å². The number of rotatable bonds is 7. The van der Waals surface area contributed by atoms with Crippen molar-refractivity contribution < 1.29 is 31.8 Å². The van der Waals surface area contributed by atoms with Crippen LogP contribution in [0.15, 0.2) is 72.8 Å². The van der Waals surface area contributed by atoms with Crippen molar-refractivity contribution in [1.29, 1.82) is 0 Å². The molecule has 0 unspecified atom stereocenters. The largest absolute Gasteiger partial charge is 0.423 e. The number of halogens is 4. The average molecular weight is 494 g/mol. The summed E-state index contributed by atoms with van der Waals surface area (Å²) in [6.45, 7) is 3.82. The average Bonchev–Trinajstić information content (AvgIpc) is 2.88. The monoisotopic (exact) mass is 494 g/mol. The number of ether oxygens (including phenoxy) is 2. The van der Waals surface area contributed by atoms with E-state index in [1.165, 1.54) is 42.5 Å². The Morgan fingerprint density at radius 2 is 1.25 bits per heavy atom. The minimum absolute atomic E-state index is 0.0158. The van der Waals surface area contributed by atoms with Crippen LogP contribution in [0.5, 0.6) is 5.75 Å². The van der Waals surface area contributed by atoms with E-state index in [1.54, 1.807) is 19.1 Å². The van der Waals surface area contributed by atoms with Gasteiger partial charge in [-0.3, -0.25) is 0 Å². The molecule has 4 rings (SSSR count). The summed E-state index contributed by atoms with van der Waals surface area (Å²) in [6.07, 6.45) is 0. The normalized spacial score (nSPS) is 10.9. The molecule has 3 nitrogen and oxygen atoms in total. The lowest BCUT2D eigenvalue weighted by Crippen LogP contribution is -2.13. The fraction of sp³-hybridized carbons (Fsp3) is 0.138. The molecule has 0 aliphatic heterocycles. The smallest absolute Gasteiger partial charge is 0.346 e. The van der Waals surface area contributed by atoms with E-state index >= 15 is 0 Å². The number of hydrogen-bond acceptors (Lipinski definition) is 3. The number of carbonyl (C=O) groups is 1. The zero-order valence-electron chi connectivity index (χ0n) is 19.6. The minimum Gasteiger partial charge on any atom is -0.423 e. The van der Waals surface area contributed by atoms with E-state index in [1.807, 2.05) is 19.1 Å². The number of carbonyl (C=O) groups excluding carboxylic acids is 1. The number of aryl methyl sites for hydroxylation is 1. The number of esters is 1. The van der Waals surface area contributed by atoms with Crippen molar-refractivity contribution in [3.8, 4) is 28.0 Å². The van der Waals surface area contributed by atoms with Crippen LogP contribution >= 0.6 is 0 Å². The third-order valence-corrected chi connectivity index (χ3v) is 5.66. The maximum atomic E-state index is 14.9. The fourth-order valence-electron chi connectivity index (χ4n) is 3.66. The lowest BCUT2D eigenvalue weighted by Gasteiger charge is -2.11. The first-order valence-electron chi connectivity index (χ1n) is 11.2. The summed E-state index contributed by atoms with van der Waals surface area (Å²) in [5.74, 6) is -5.57. The first-order chi connectivity index (χ1) is 17.3. The molecule has 36 heavy (non-hydrogen) atoms. The Hall–Kier alpha value is -3.97. The summed E-state index contributed by atoms with van der Waals surface area (Å²) in [4.78, 5) is 12.4. The molecule has 0 N–H and O–H groups in total. The molecule has 0 atom stereocenters. The van der Waals surface area contributed by atoms with E-state index in [4.69, 9.17) is 9.47 Å². The van der Waals surface area contributed by atoms with Gasteiger partial charge in [0, 0.05) is 23.3 Å². The number of benzene rings is 4. The molecule has 0 spiro atoms. The van der Waals surface area contributed by atoms with Gasteiger partial charge in [-0.05, 0) is 43.2 Å². The number of hydrogen-bond donors (Lipinski definition) is 0. The van der Waals surface area contributed by atoms with Gasteiger partial charge in [-0.1, -0.05) is 60.2 Å². The van der Waals surface area contributed by atoms with Gasteiger partial charge in [-0.2, -0.15) is 0 Å². The van der Waals surface area contributed by atoms with Gasteiger partial charge in [0.15, 0.2) is 23.3 Å². The summed E-state index contributed by atoms with van der Waals surface area (Å²) in [5, 5.41) is 0. The van der Waals surface area contributed by atoms with Crippen LogP contribution in [0.3, 0.4) is 0 Å². The Morgan fingerprint density at radius 3 is 1.81 bits per heavy atom. The second kappa shape index (κ2) is 10.7. The van der Waals surface area contributed by atoms with Gasteiger partial charge in [0.1, 0.15) is 5.75 Å². The Labute approximate surface area is 205 Å². The Morgan fingerprint density at radius 1 is 0.694 bits per heavy atom. The van der Waals surface area contributed by atoms with Crippen LogP contribution in [0, 0.1) is 30.2 Å². The van der Waals surface area contributed by atoms with Crippen molar-refractivity contribution in [2.75, 3.05) is 6.61 Å². The highest BCUT2D eigenvalue weighted by Gasteiger charge is 2.21. The molecule has 4 aromatic carbocycles. The highest BCUT2D eigenvalue weighted by atomic mass is 19.2. The Kier molecular flexibility index (Phi) is 7.50. The summed E-state index contributed by atoms with van der Waals surface area (Å²) in [7, 11) is 0. The standard InChI is InChI=1S/C29H22F4O3/c1-3-35-16-20-10-13-24(28(33)25(20)30)29(34)36-21-11-8-19(9-12-21)23-15-14-22(26(31)27(23)32)18-6-4-17(2)5-7-18/h4-15H,3,16H2,1-2H3. The van der Waals surface area contributed by atoms with Crippen molar-refractivity contribution >= 4 is 5.97 Å². The molecule has 184 valence electrons. The highest BCUT2D eigenvalue weighted by molar-refractivity contribution is 5.91. The third kappa shape index (κ3) is 5.16. The van der Waals surface area contributed by atoms with E-state index < -0.39 is 34.8 Å². The molecule has 0 aromatic heterocycles. The van der Waals surface area contributed by atoms with Gasteiger partial charge in [-0.25, -0.2) is 22.4 Å². The van der Waals surface area contributed by atoms with Gasteiger partial charge in [0.25, 0.3) is 0 Å². The lowest BCUT2D eigenvalue weighted by molar-refractivity contribution is 0.0728. The molecule has 0 radical (unpaired) electrons. The Bertz CT molecular complexity index is 1400. The van der Waals surface area contributed by atoms with Crippen LogP contribution in [0.2, 0.25) is 0 Å². The molecule has 0 heterocycles. The van der Waals surface area contributed by atoms with Crippen LogP contribution in [-0.2, 0) is 11.3 Å². The van der Waals surface area contributed by atoms with Crippen molar-refractivity contribution in [2.24, 2.45) is 0 Å². The molecule has 7 heteroatoms. The van der Waals surface area contributed by atoms with E-state index in [9.17, 15) is 22.4 Å². The minimum atomic E-state index is -1.33. The van der Waals surface area contributed by atoms with Gasteiger partial charge in [-0.15, -0.1) is 0 Å². The van der Waals surface area contributed by atoms with E-state index in [2.05, 4.69) is 0 Å². The molecule has 0 aliphatic rings. The molecule has 4 aromatic rings. The predicted molar refractivity (Wildman–Crippen MR) is 129 cm³/mol. The molecular formula is C29H22F4O3. The van der Waals surface area contributed by atoms with Gasteiger partial charge < -0.3 is 9.47 Å². The highest BCUT2D eigenvalue weighted by Crippen LogP contribution is 2.32. The first kappa shape index (κ1) is 25.1. The molecule has 0 saturated heterocycles. The van der Waals surface area contributed by atoms with Crippen molar-refractivity contribution in [3.63, 3.8) is 0 Å². The first-order valence-corrected chi connectivity index (χ1v) is 11.2. The maximum absolute atomic E-state index is 14.9. The van der Waals surface area contributed by atoms with Crippen LogP contribution in [0.25, 0.3) is 22.3 Å². The molecule has 0 amide bonds. The Balaban J connectivity index is 1.52. The van der Waals surface area contributed by atoms with Gasteiger partial charge >= 0.3 is 5.97 Å². The molecule has 0 aliphatic carbocycles. The van der Waals surface area contributed by atoms with Crippen molar-refractivity contribution in [3.05, 3.63) is 113 Å². The second-order valence-electron chi connectivity index (χ2n) is 8.11. The fourth-order valence-corrected chi connectivity index (χ4v) is 3.66. The van der Waals surface area contributed by atoms with Crippen LogP contribution in [-0.4, -0.2) is 12.6 Å². The van der Waals surface area contributed by atoms with Gasteiger partial charge in [0.05, 0.1) is 12.2 Å². The summed E-state index contributed by atoms with van der Waals surface area (Å²) in [5.41, 5.74) is 1.49. The van der Waals surface area contributed by atoms with E-state index in [0.717, 1.165) is 11.6 Å². The van der Waals surface area contributed by atoms with Crippen LogP contribution < -0.4 is 4.74 Å². The maximum Gasteiger partial charge on any atom is 0.346 e. The van der Waals surface area contributed by atoms with E-state index in [0.29, 0.717) is 17.7 Å². The van der Waals surface area contributed by atoms with Crippen molar-refractivity contribution in [2.45, 2.75) is 20.5 Å². The molecule has 0 saturated carbocycles. The molecule has 0 bridgehead atoms.